The van der Waals surface area contributed by atoms with E-state index in [0.29, 0.717) is 48.1 Å². The molecule has 1 aromatic heterocycles. The molecule has 5 aromatic rings. The molecule has 0 radical (unpaired) electrons. The zero-order chi connectivity index (χ0) is 30.7. The van der Waals surface area contributed by atoms with E-state index in [4.69, 9.17) is 15.2 Å². The monoisotopic (exact) mass is 593 g/mol. The first kappa shape index (κ1) is 29.8. The number of halogens is 1. The van der Waals surface area contributed by atoms with Gasteiger partial charge in [0.15, 0.2) is 11.6 Å². The molecule has 10 nitrogen and oxygen atoms in total. The van der Waals surface area contributed by atoms with Crippen molar-refractivity contribution in [3.05, 3.63) is 120 Å². The second kappa shape index (κ2) is 14.5. The number of para-hydroxylation sites is 2. The first-order valence-corrected chi connectivity index (χ1v) is 13.8. The summed E-state index contributed by atoms with van der Waals surface area (Å²) in [5, 5.41) is 12.3. The minimum Gasteiger partial charge on any atom is -0.491 e. The van der Waals surface area contributed by atoms with Crippen molar-refractivity contribution in [1.29, 1.82) is 0 Å². The van der Waals surface area contributed by atoms with Crippen LogP contribution in [0.2, 0.25) is 0 Å². The quantitative estimate of drug-likeness (QED) is 0.0758. The van der Waals surface area contributed by atoms with Crippen molar-refractivity contribution in [2.24, 2.45) is 0 Å². The van der Waals surface area contributed by atoms with Crippen LogP contribution in [-0.4, -0.2) is 36.2 Å². The smallest absolute Gasteiger partial charge is 0.255 e. The SMILES string of the molecule is COCCOc1ccc(Nc2ncc(F)c(Nc3cccc(NCc4ccc(C(=O)Nc5ccccc5N)cc4)c3)n2)cc1. The van der Waals surface area contributed by atoms with E-state index in [1.807, 2.05) is 72.8 Å². The van der Waals surface area contributed by atoms with Gasteiger partial charge in [0.1, 0.15) is 12.4 Å². The average Bonchev–Trinajstić information content (AvgIpc) is 3.04. The number of nitrogens with two attached hydrogens (primary N) is 1. The number of nitrogen functional groups attached to an aromatic ring is 1. The summed E-state index contributed by atoms with van der Waals surface area (Å²) in [6, 6.07) is 29.1. The molecule has 0 unspecified atom stereocenters. The number of nitrogens with one attached hydrogen (secondary N) is 4. The number of hydrogen-bond acceptors (Lipinski definition) is 9. The zero-order valence-corrected chi connectivity index (χ0v) is 24.0. The lowest BCUT2D eigenvalue weighted by Gasteiger charge is -2.12. The van der Waals surface area contributed by atoms with Crippen LogP contribution < -0.4 is 31.7 Å². The van der Waals surface area contributed by atoms with Gasteiger partial charge in [-0.25, -0.2) is 9.37 Å². The van der Waals surface area contributed by atoms with Gasteiger partial charge in [-0.1, -0.05) is 30.3 Å². The van der Waals surface area contributed by atoms with Crippen LogP contribution in [-0.2, 0) is 11.3 Å². The summed E-state index contributed by atoms with van der Waals surface area (Å²) < 4.78 is 25.2. The molecular weight excluding hydrogens is 561 g/mol. The van der Waals surface area contributed by atoms with Crippen LogP contribution in [0.5, 0.6) is 5.75 Å². The van der Waals surface area contributed by atoms with Gasteiger partial charge in [-0.3, -0.25) is 4.79 Å². The molecule has 0 aliphatic heterocycles. The highest BCUT2D eigenvalue weighted by Crippen LogP contribution is 2.24. The molecule has 0 bridgehead atoms. The van der Waals surface area contributed by atoms with Crippen molar-refractivity contribution in [3.63, 3.8) is 0 Å². The van der Waals surface area contributed by atoms with E-state index < -0.39 is 5.82 Å². The highest BCUT2D eigenvalue weighted by molar-refractivity contribution is 6.05. The highest BCUT2D eigenvalue weighted by Gasteiger charge is 2.10. The summed E-state index contributed by atoms with van der Waals surface area (Å²) >= 11 is 0. The lowest BCUT2D eigenvalue weighted by molar-refractivity contribution is 0.102. The van der Waals surface area contributed by atoms with Crippen LogP contribution in [0, 0.1) is 5.82 Å². The molecule has 0 aliphatic carbocycles. The van der Waals surface area contributed by atoms with Gasteiger partial charge >= 0.3 is 0 Å². The Balaban J connectivity index is 1.16. The maximum atomic E-state index is 14.6. The first-order valence-electron chi connectivity index (χ1n) is 13.8. The van der Waals surface area contributed by atoms with E-state index >= 15 is 0 Å². The van der Waals surface area contributed by atoms with Crippen LogP contribution in [0.4, 0.5) is 44.6 Å². The maximum absolute atomic E-state index is 14.6. The number of hydrogen-bond donors (Lipinski definition) is 5. The molecule has 44 heavy (non-hydrogen) atoms. The molecule has 1 heterocycles. The molecule has 0 atom stereocenters. The number of rotatable bonds is 13. The fourth-order valence-electron chi connectivity index (χ4n) is 4.15. The Hall–Kier alpha value is -5.68. The highest BCUT2D eigenvalue weighted by atomic mass is 19.1. The van der Waals surface area contributed by atoms with Gasteiger partial charge in [-0.2, -0.15) is 4.98 Å². The largest absolute Gasteiger partial charge is 0.491 e. The van der Waals surface area contributed by atoms with E-state index in [-0.39, 0.29) is 17.7 Å². The number of ether oxygens (including phenoxy) is 2. The van der Waals surface area contributed by atoms with Crippen molar-refractivity contribution >= 4 is 46.1 Å². The van der Waals surface area contributed by atoms with Crippen LogP contribution in [0.25, 0.3) is 0 Å². The number of amides is 1. The van der Waals surface area contributed by atoms with Gasteiger partial charge < -0.3 is 36.5 Å². The molecule has 0 saturated carbocycles. The van der Waals surface area contributed by atoms with Crippen LogP contribution in [0.1, 0.15) is 15.9 Å². The lowest BCUT2D eigenvalue weighted by atomic mass is 10.1. The van der Waals surface area contributed by atoms with Gasteiger partial charge in [0.2, 0.25) is 5.95 Å². The third-order valence-electron chi connectivity index (χ3n) is 6.46. The van der Waals surface area contributed by atoms with E-state index in [9.17, 15) is 9.18 Å². The Morgan fingerprint density at radius 2 is 1.64 bits per heavy atom. The molecular formula is C33H32FN7O3. The molecule has 11 heteroatoms. The second-order valence-electron chi connectivity index (χ2n) is 9.68. The molecule has 4 aromatic carbocycles. The summed E-state index contributed by atoms with van der Waals surface area (Å²) in [5.41, 5.74) is 10.7. The number of benzene rings is 4. The van der Waals surface area contributed by atoms with Crippen molar-refractivity contribution in [2.75, 3.05) is 47.3 Å². The summed E-state index contributed by atoms with van der Waals surface area (Å²) in [5.74, 6) is 0.149. The Morgan fingerprint density at radius 1 is 0.864 bits per heavy atom. The molecule has 0 saturated heterocycles. The summed E-state index contributed by atoms with van der Waals surface area (Å²) in [6.07, 6.45) is 1.11. The third kappa shape index (κ3) is 8.20. The van der Waals surface area contributed by atoms with Crippen LogP contribution in [0.3, 0.4) is 0 Å². The van der Waals surface area contributed by atoms with E-state index in [1.54, 1.807) is 31.4 Å². The number of anilines is 7. The first-order chi connectivity index (χ1) is 21.5. The van der Waals surface area contributed by atoms with Crippen molar-refractivity contribution in [1.82, 2.24) is 9.97 Å². The van der Waals surface area contributed by atoms with Crippen LogP contribution in [0.15, 0.2) is 103 Å². The Kier molecular flexibility index (Phi) is 9.80. The Morgan fingerprint density at radius 3 is 2.41 bits per heavy atom. The van der Waals surface area contributed by atoms with E-state index in [0.717, 1.165) is 23.1 Å². The summed E-state index contributed by atoms with van der Waals surface area (Å²) in [6.45, 7) is 1.47. The fourth-order valence-corrected chi connectivity index (χ4v) is 4.15. The predicted molar refractivity (Wildman–Crippen MR) is 171 cm³/mol. The van der Waals surface area contributed by atoms with E-state index in [1.165, 1.54) is 0 Å². The van der Waals surface area contributed by atoms with Gasteiger partial charge in [0.05, 0.1) is 24.2 Å². The number of methoxy groups -OCH3 is 1. The van der Waals surface area contributed by atoms with Crippen molar-refractivity contribution in [3.8, 4) is 5.75 Å². The van der Waals surface area contributed by atoms with Crippen molar-refractivity contribution in [2.45, 2.75) is 6.54 Å². The van der Waals surface area contributed by atoms with E-state index in [2.05, 4.69) is 31.2 Å². The van der Waals surface area contributed by atoms with Crippen LogP contribution >= 0.6 is 0 Å². The number of carbonyl (C=O) groups excluding carboxylic acids is 1. The summed E-state index contributed by atoms with van der Waals surface area (Å²) in [7, 11) is 1.62. The van der Waals surface area contributed by atoms with Gasteiger partial charge in [0, 0.05) is 36.3 Å². The molecule has 0 aliphatic rings. The number of aromatic nitrogens is 2. The molecule has 0 fully saturated rings. The zero-order valence-electron chi connectivity index (χ0n) is 24.0. The number of carbonyl (C=O) groups is 1. The third-order valence-corrected chi connectivity index (χ3v) is 6.46. The molecule has 5 rings (SSSR count). The van der Waals surface area contributed by atoms with Gasteiger partial charge in [-0.05, 0) is 72.3 Å². The Bertz CT molecular complexity index is 1700. The minimum absolute atomic E-state index is 0.0327. The standard InChI is InChI=1S/C33H32FN7O3/c1-43-17-18-44-27-15-13-24(14-16-27)39-33-37-21-28(34)31(41-33)38-26-6-4-5-25(19-26)36-20-22-9-11-23(12-10-22)32(42)40-30-8-3-2-7-29(30)35/h2-16,19,21,36H,17-18,20,35H2,1H3,(H,40,42)(H2,37,38,39,41). The maximum Gasteiger partial charge on any atom is 0.255 e. The molecule has 224 valence electrons. The van der Waals surface area contributed by atoms with Gasteiger partial charge in [-0.15, -0.1) is 0 Å². The summed E-state index contributed by atoms with van der Waals surface area (Å²) in [4.78, 5) is 21.0. The Labute approximate surface area is 254 Å². The fraction of sp³-hybridized carbons (Fsp3) is 0.121. The number of nitrogens with zero attached hydrogens (tertiary/aromatic N) is 2. The molecule has 1 amide bonds. The lowest BCUT2D eigenvalue weighted by Crippen LogP contribution is -2.13. The average molecular weight is 594 g/mol. The molecule has 6 N–H and O–H groups in total. The topological polar surface area (TPSA) is 135 Å². The van der Waals surface area contributed by atoms with Crippen molar-refractivity contribution < 1.29 is 18.7 Å². The normalized spacial score (nSPS) is 10.6. The second-order valence-corrected chi connectivity index (χ2v) is 9.68. The predicted octanol–water partition coefficient (Wildman–Crippen LogP) is 6.57. The molecule has 0 spiro atoms. The van der Waals surface area contributed by atoms with Gasteiger partial charge in [0.25, 0.3) is 5.91 Å². The minimum atomic E-state index is -0.588.